The number of aliphatic hydroxyl groups is 3. The molecule has 2 aliphatic rings. The lowest BCUT2D eigenvalue weighted by Crippen LogP contribution is -2.59. The molecule has 43 heavy (non-hydrogen) atoms. The largest absolute Gasteiger partial charge is 0.508 e. The third-order valence-corrected chi connectivity index (χ3v) is 9.02. The first-order valence-corrected chi connectivity index (χ1v) is 14.5. The normalized spacial score (nSPS) is 26.8. The van der Waals surface area contributed by atoms with E-state index in [9.17, 15) is 35.1 Å². The number of carbonyl (C=O) groups excluding carboxylic acids is 2. The van der Waals surface area contributed by atoms with Gasteiger partial charge in [0, 0.05) is 50.9 Å². The van der Waals surface area contributed by atoms with Gasteiger partial charge < -0.3 is 49.8 Å². The maximum Gasteiger partial charge on any atom is 0.342 e. The van der Waals surface area contributed by atoms with Crippen molar-refractivity contribution in [2.75, 3.05) is 14.2 Å². The fourth-order valence-corrected chi connectivity index (χ4v) is 5.80. The van der Waals surface area contributed by atoms with Crippen LogP contribution >= 0.6 is 0 Å². The van der Waals surface area contributed by atoms with E-state index in [2.05, 4.69) is 11.9 Å². The summed E-state index contributed by atoms with van der Waals surface area (Å²) in [5.74, 6) is -2.57. The Bertz CT molecular complexity index is 1180. The van der Waals surface area contributed by atoms with Gasteiger partial charge in [0.25, 0.3) is 5.91 Å². The van der Waals surface area contributed by atoms with Crippen LogP contribution in [0.15, 0.2) is 18.2 Å². The lowest BCUT2D eigenvalue weighted by molar-refractivity contribution is -0.217. The molecule has 0 aliphatic carbocycles. The van der Waals surface area contributed by atoms with Crippen LogP contribution in [-0.2, 0) is 30.2 Å². The zero-order chi connectivity index (χ0) is 32.4. The van der Waals surface area contributed by atoms with Crippen LogP contribution < -0.4 is 5.32 Å². The number of aromatic hydroxyl groups is 2. The number of hydrogen-bond donors (Lipinski definition) is 6. The Morgan fingerprint density at radius 1 is 1.19 bits per heavy atom. The highest BCUT2D eigenvalue weighted by atomic mass is 16.6. The zero-order valence-corrected chi connectivity index (χ0v) is 26.0. The first-order chi connectivity index (χ1) is 20.0. The predicted octanol–water partition coefficient (Wildman–Crippen LogP) is 1.85. The number of cyclic esters (lactones) is 1. The number of methoxy groups -OCH3 is 2. The zero-order valence-electron chi connectivity index (χ0n) is 26.0. The van der Waals surface area contributed by atoms with Gasteiger partial charge in [0.05, 0.1) is 24.4 Å². The average molecular weight is 610 g/mol. The van der Waals surface area contributed by atoms with Gasteiger partial charge >= 0.3 is 5.97 Å². The topological polar surface area (TPSA) is 184 Å². The molecule has 1 amide bonds. The van der Waals surface area contributed by atoms with E-state index >= 15 is 0 Å². The number of aliphatic hydroxyl groups excluding tert-OH is 3. The standard InChI is InChI=1S/C31H47NO11/c1-14(2)9-22(40-7)27(37)28(38)32-29(41-8)23-13-24(36)31(5,6)25(42-23)12-19(34)16(4)21-10-17-15(3)18(33)11-20(35)26(17)30(39)43-21/h11,16,19,21-25,27,29,33-37H,1,9-10,12-13H2,2-8H3,(H,32,38)/t16-,19?,21?,22+,23?,24-,25-,27+,29?/m1/s1. The molecule has 1 aromatic rings. The number of phenolic OH excluding ortho intramolecular Hbond substituents is 2. The summed E-state index contributed by atoms with van der Waals surface area (Å²) < 4.78 is 22.7. The van der Waals surface area contributed by atoms with Crippen molar-refractivity contribution in [1.82, 2.24) is 5.32 Å². The van der Waals surface area contributed by atoms with E-state index in [0.29, 0.717) is 11.1 Å². The highest BCUT2D eigenvalue weighted by Gasteiger charge is 2.48. The summed E-state index contributed by atoms with van der Waals surface area (Å²) in [5.41, 5.74) is 0.851. The molecule has 242 valence electrons. The molecule has 4 unspecified atom stereocenters. The van der Waals surface area contributed by atoms with E-state index in [1.807, 2.05) is 13.8 Å². The Kier molecular flexibility index (Phi) is 11.2. The van der Waals surface area contributed by atoms with Crippen molar-refractivity contribution in [1.29, 1.82) is 0 Å². The van der Waals surface area contributed by atoms with Crippen molar-refractivity contribution >= 4 is 11.9 Å². The number of rotatable bonds is 12. The van der Waals surface area contributed by atoms with E-state index < -0.39 is 72.2 Å². The van der Waals surface area contributed by atoms with Gasteiger partial charge in [-0.25, -0.2) is 4.79 Å². The van der Waals surface area contributed by atoms with Gasteiger partial charge in [-0.1, -0.05) is 26.3 Å². The van der Waals surface area contributed by atoms with Crippen molar-refractivity contribution in [3.05, 3.63) is 34.9 Å². The second-order valence-corrected chi connectivity index (χ2v) is 12.5. The molecule has 2 aliphatic heterocycles. The molecule has 0 aromatic heterocycles. The molecule has 0 radical (unpaired) electrons. The minimum atomic E-state index is -1.50. The summed E-state index contributed by atoms with van der Waals surface area (Å²) in [6.45, 7) is 12.6. The van der Waals surface area contributed by atoms with E-state index in [-0.39, 0.29) is 42.7 Å². The van der Waals surface area contributed by atoms with Crippen LogP contribution in [0.4, 0.5) is 0 Å². The van der Waals surface area contributed by atoms with Gasteiger partial charge in [-0.15, -0.1) is 6.58 Å². The van der Waals surface area contributed by atoms with Crippen LogP contribution in [0.5, 0.6) is 11.5 Å². The third-order valence-electron chi connectivity index (χ3n) is 9.02. The molecule has 3 rings (SSSR count). The summed E-state index contributed by atoms with van der Waals surface area (Å²) in [5, 5.41) is 56.0. The molecular formula is C31H47NO11. The Morgan fingerprint density at radius 2 is 1.84 bits per heavy atom. The first-order valence-electron chi connectivity index (χ1n) is 14.5. The lowest BCUT2D eigenvalue weighted by atomic mass is 9.73. The number of carbonyl (C=O) groups is 2. The number of phenols is 2. The second kappa shape index (κ2) is 13.9. The smallest absolute Gasteiger partial charge is 0.342 e. The Morgan fingerprint density at radius 3 is 2.42 bits per heavy atom. The van der Waals surface area contributed by atoms with Gasteiger partial charge in [-0.2, -0.15) is 0 Å². The summed E-state index contributed by atoms with van der Waals surface area (Å²) in [6.07, 6.45) is -6.89. The number of benzene rings is 1. The van der Waals surface area contributed by atoms with Crippen LogP contribution in [0.25, 0.3) is 0 Å². The molecule has 1 aromatic carbocycles. The molecule has 0 spiro atoms. The van der Waals surface area contributed by atoms with Crippen LogP contribution in [0.3, 0.4) is 0 Å². The molecule has 0 bridgehead atoms. The van der Waals surface area contributed by atoms with Gasteiger partial charge in [0.15, 0.2) is 12.3 Å². The number of esters is 1. The molecular weight excluding hydrogens is 562 g/mol. The molecule has 6 N–H and O–H groups in total. The predicted molar refractivity (Wildman–Crippen MR) is 155 cm³/mol. The molecule has 12 heteroatoms. The van der Waals surface area contributed by atoms with Crippen molar-refractivity contribution in [3.63, 3.8) is 0 Å². The van der Waals surface area contributed by atoms with Crippen molar-refractivity contribution in [2.24, 2.45) is 11.3 Å². The monoisotopic (exact) mass is 609 g/mol. The Labute approximate surface area is 252 Å². The number of ether oxygens (including phenoxy) is 4. The van der Waals surface area contributed by atoms with E-state index in [1.54, 1.807) is 20.8 Å². The van der Waals surface area contributed by atoms with E-state index in [1.165, 1.54) is 14.2 Å². The van der Waals surface area contributed by atoms with Crippen molar-refractivity contribution in [2.45, 2.75) is 109 Å². The number of amides is 1. The molecule has 1 saturated heterocycles. The van der Waals surface area contributed by atoms with E-state index in [0.717, 1.165) is 11.6 Å². The third kappa shape index (κ3) is 7.50. The first kappa shape index (κ1) is 34.7. The van der Waals surface area contributed by atoms with Gasteiger partial charge in [0.2, 0.25) is 0 Å². The maximum atomic E-state index is 12.9. The number of fused-ring (bicyclic) bond motifs is 1. The minimum Gasteiger partial charge on any atom is -0.508 e. The minimum absolute atomic E-state index is 0.00479. The average Bonchev–Trinajstić information content (AvgIpc) is 2.94. The summed E-state index contributed by atoms with van der Waals surface area (Å²) >= 11 is 0. The van der Waals surface area contributed by atoms with Crippen LogP contribution in [0.2, 0.25) is 0 Å². The quantitative estimate of drug-likeness (QED) is 0.115. The molecule has 9 atom stereocenters. The SMILES string of the molecule is C=C(C)C[C@H](OC)[C@H](O)C(=O)NC(OC)C1C[C@@H](O)C(C)(C)[C@@H](CC(O)[C@@H](C)C2Cc3c(C)c(O)cc(O)c3C(=O)O2)O1. The molecule has 1 fully saturated rings. The van der Waals surface area contributed by atoms with E-state index in [4.69, 9.17) is 18.9 Å². The fourth-order valence-electron chi connectivity index (χ4n) is 5.80. The number of hydrogen-bond acceptors (Lipinski definition) is 11. The highest BCUT2D eigenvalue weighted by Crippen LogP contribution is 2.42. The summed E-state index contributed by atoms with van der Waals surface area (Å²) in [4.78, 5) is 25.6. The molecule has 0 saturated carbocycles. The lowest BCUT2D eigenvalue weighted by Gasteiger charge is -2.48. The van der Waals surface area contributed by atoms with Crippen LogP contribution in [0.1, 0.15) is 68.4 Å². The van der Waals surface area contributed by atoms with Gasteiger partial charge in [-0.3, -0.25) is 4.79 Å². The van der Waals surface area contributed by atoms with Crippen LogP contribution in [0, 0.1) is 18.3 Å². The second-order valence-electron chi connectivity index (χ2n) is 12.5. The highest BCUT2D eigenvalue weighted by molar-refractivity contribution is 5.96. The maximum absolute atomic E-state index is 12.9. The Balaban J connectivity index is 1.73. The molecule has 12 nitrogen and oxygen atoms in total. The number of nitrogens with one attached hydrogen (secondary N) is 1. The summed E-state index contributed by atoms with van der Waals surface area (Å²) in [7, 11) is 2.76. The molecule has 2 heterocycles. The Hall–Kier alpha value is -2.74. The van der Waals surface area contributed by atoms with Gasteiger partial charge in [-0.05, 0) is 31.4 Å². The van der Waals surface area contributed by atoms with Crippen LogP contribution in [-0.4, -0.2) is 101 Å². The van der Waals surface area contributed by atoms with Crippen molar-refractivity contribution in [3.8, 4) is 11.5 Å². The van der Waals surface area contributed by atoms with Gasteiger partial charge in [0.1, 0.15) is 29.3 Å². The fraction of sp³-hybridized carbons (Fsp3) is 0.677. The van der Waals surface area contributed by atoms with Crippen molar-refractivity contribution < 1.29 is 54.1 Å². The summed E-state index contributed by atoms with van der Waals surface area (Å²) in [6, 6.07) is 1.10.